The molecule has 1 atom stereocenters. The molecule has 150 valence electrons. The van der Waals surface area contributed by atoms with Crippen molar-refractivity contribution in [3.8, 4) is 11.1 Å². The molecule has 0 N–H and O–H groups in total. The van der Waals surface area contributed by atoms with E-state index in [0.717, 1.165) is 6.42 Å². The summed E-state index contributed by atoms with van der Waals surface area (Å²) in [5, 5.41) is 0. The van der Waals surface area contributed by atoms with E-state index in [-0.39, 0.29) is 10.9 Å². The number of hydrogen-bond donors (Lipinski definition) is 0. The fourth-order valence-electron chi connectivity index (χ4n) is 3.73. The molecule has 1 unspecified atom stereocenters. The van der Waals surface area contributed by atoms with Crippen LogP contribution < -0.4 is 0 Å². The van der Waals surface area contributed by atoms with Gasteiger partial charge in [0.05, 0.1) is 10.9 Å². The molecule has 0 heterocycles. The summed E-state index contributed by atoms with van der Waals surface area (Å²) in [6.07, 6.45) is 1.13. The minimum atomic E-state index is -0.104. The van der Waals surface area contributed by atoms with Crippen LogP contribution in [0.5, 0.6) is 0 Å². The SMILES string of the molecule is Cc1ccc(-c2ccc([S+](c3ccccc3)c3ccc(CC(C)C)cc3)cc2)cc1. The Bertz CT molecular complexity index is 1060. The molecule has 0 aliphatic carbocycles. The first-order valence-electron chi connectivity index (χ1n) is 10.7. The third kappa shape index (κ3) is 4.86. The normalized spacial score (nSPS) is 12.1. The predicted molar refractivity (Wildman–Crippen MR) is 130 cm³/mol. The Morgan fingerprint density at radius 1 is 0.567 bits per heavy atom. The van der Waals surface area contributed by atoms with E-state index in [1.54, 1.807) is 0 Å². The molecule has 1 heteroatoms. The van der Waals surface area contributed by atoms with Crippen molar-refractivity contribution in [3.05, 3.63) is 114 Å². The lowest BCUT2D eigenvalue weighted by Crippen LogP contribution is -2.05. The molecule has 0 fully saturated rings. The van der Waals surface area contributed by atoms with Crippen LogP contribution >= 0.6 is 0 Å². The minimum Gasteiger partial charge on any atom is -0.0625 e. The van der Waals surface area contributed by atoms with Crippen molar-refractivity contribution in [2.45, 2.75) is 41.9 Å². The highest BCUT2D eigenvalue weighted by Crippen LogP contribution is 2.33. The lowest BCUT2D eigenvalue weighted by Gasteiger charge is -2.10. The van der Waals surface area contributed by atoms with Crippen LogP contribution in [-0.2, 0) is 17.3 Å². The summed E-state index contributed by atoms with van der Waals surface area (Å²) in [5.74, 6) is 0.678. The second-order valence-electron chi connectivity index (χ2n) is 8.25. The second-order valence-corrected chi connectivity index (χ2v) is 10.3. The highest BCUT2D eigenvalue weighted by Gasteiger charge is 2.28. The molecule has 0 aliphatic rings. The predicted octanol–water partition coefficient (Wildman–Crippen LogP) is 7.96. The fraction of sp³-hybridized carbons (Fsp3) is 0.172. The third-order valence-corrected chi connectivity index (χ3v) is 7.49. The minimum absolute atomic E-state index is 0.104. The smallest absolute Gasteiger partial charge is 0.0625 e. The molecular formula is C29H29S+. The second kappa shape index (κ2) is 9.36. The average molecular weight is 410 g/mol. The first-order valence-corrected chi connectivity index (χ1v) is 11.9. The molecule has 4 rings (SSSR count). The van der Waals surface area contributed by atoms with Crippen LogP contribution in [0.4, 0.5) is 0 Å². The van der Waals surface area contributed by atoms with Crippen molar-refractivity contribution in [2.24, 2.45) is 5.92 Å². The van der Waals surface area contributed by atoms with E-state index in [0.29, 0.717) is 5.92 Å². The topological polar surface area (TPSA) is 0 Å². The van der Waals surface area contributed by atoms with Crippen molar-refractivity contribution in [1.82, 2.24) is 0 Å². The molecule has 0 saturated carbocycles. The van der Waals surface area contributed by atoms with Crippen molar-refractivity contribution >= 4 is 10.9 Å². The van der Waals surface area contributed by atoms with Crippen molar-refractivity contribution in [2.75, 3.05) is 0 Å². The molecule has 0 saturated heterocycles. The molecule has 0 radical (unpaired) electrons. The molecule has 0 aliphatic heterocycles. The summed E-state index contributed by atoms with van der Waals surface area (Å²) in [4.78, 5) is 4.09. The molecule has 0 spiro atoms. The Kier molecular flexibility index (Phi) is 6.40. The maximum Gasteiger partial charge on any atom is 0.166 e. The first-order chi connectivity index (χ1) is 14.6. The summed E-state index contributed by atoms with van der Waals surface area (Å²) in [5.41, 5.74) is 5.24. The Morgan fingerprint density at radius 3 is 1.57 bits per heavy atom. The number of aryl methyl sites for hydroxylation is 1. The van der Waals surface area contributed by atoms with Gasteiger partial charge in [0.15, 0.2) is 14.7 Å². The van der Waals surface area contributed by atoms with Crippen molar-refractivity contribution < 1.29 is 0 Å². The van der Waals surface area contributed by atoms with Crippen molar-refractivity contribution in [1.29, 1.82) is 0 Å². The van der Waals surface area contributed by atoms with Gasteiger partial charge in [-0.3, -0.25) is 0 Å². The third-order valence-electron chi connectivity index (χ3n) is 5.26. The average Bonchev–Trinajstić information content (AvgIpc) is 2.77. The van der Waals surface area contributed by atoms with E-state index in [2.05, 4.69) is 124 Å². The maximum absolute atomic E-state index is 2.32. The van der Waals surface area contributed by atoms with Crippen LogP contribution in [0.15, 0.2) is 118 Å². The van der Waals surface area contributed by atoms with Crippen LogP contribution in [-0.4, -0.2) is 0 Å². The zero-order valence-electron chi connectivity index (χ0n) is 18.0. The van der Waals surface area contributed by atoms with Gasteiger partial charge in [-0.2, -0.15) is 0 Å². The molecule has 30 heavy (non-hydrogen) atoms. The molecular weight excluding hydrogens is 380 g/mol. The molecule has 0 bridgehead atoms. The number of benzene rings is 4. The van der Waals surface area contributed by atoms with E-state index >= 15 is 0 Å². The van der Waals surface area contributed by atoms with Crippen LogP contribution in [0.3, 0.4) is 0 Å². The number of rotatable bonds is 6. The zero-order chi connectivity index (χ0) is 20.9. The molecule has 4 aromatic carbocycles. The van der Waals surface area contributed by atoms with E-state index in [4.69, 9.17) is 0 Å². The Balaban J connectivity index is 1.69. The Hall–Kier alpha value is -2.77. The lowest BCUT2D eigenvalue weighted by molar-refractivity contribution is 0.647. The van der Waals surface area contributed by atoms with Gasteiger partial charge >= 0.3 is 0 Å². The van der Waals surface area contributed by atoms with Gasteiger partial charge in [-0.25, -0.2) is 0 Å². The van der Waals surface area contributed by atoms with Gasteiger partial charge in [-0.1, -0.05) is 74.0 Å². The van der Waals surface area contributed by atoms with E-state index in [1.165, 1.54) is 36.9 Å². The summed E-state index contributed by atoms with van der Waals surface area (Å²) < 4.78 is 0. The molecule has 0 nitrogen and oxygen atoms in total. The number of hydrogen-bond acceptors (Lipinski definition) is 0. The maximum atomic E-state index is 2.32. The van der Waals surface area contributed by atoms with E-state index in [9.17, 15) is 0 Å². The largest absolute Gasteiger partial charge is 0.166 e. The van der Waals surface area contributed by atoms with Gasteiger partial charge in [0, 0.05) is 0 Å². The quantitative estimate of drug-likeness (QED) is 0.283. The van der Waals surface area contributed by atoms with Gasteiger partial charge in [0.25, 0.3) is 0 Å². The first kappa shape index (κ1) is 20.5. The van der Waals surface area contributed by atoms with E-state index < -0.39 is 0 Å². The van der Waals surface area contributed by atoms with Gasteiger partial charge in [0.2, 0.25) is 0 Å². The zero-order valence-corrected chi connectivity index (χ0v) is 18.8. The highest BCUT2D eigenvalue weighted by molar-refractivity contribution is 7.97. The van der Waals surface area contributed by atoms with Gasteiger partial charge in [-0.15, -0.1) is 0 Å². The van der Waals surface area contributed by atoms with Crippen LogP contribution in [0.2, 0.25) is 0 Å². The Morgan fingerprint density at radius 2 is 1.03 bits per heavy atom. The van der Waals surface area contributed by atoms with Crippen molar-refractivity contribution in [3.63, 3.8) is 0 Å². The van der Waals surface area contributed by atoms with Gasteiger partial charge < -0.3 is 0 Å². The standard InChI is InChI=1S/C29H29S/c1-22(2)21-24-11-17-28(18-12-24)30(27-7-5-4-6-8-27)29-19-15-26(16-20-29)25-13-9-23(3)10-14-25/h4-20,22H,21H2,1-3H3/q+1. The monoisotopic (exact) mass is 409 g/mol. The van der Waals surface area contributed by atoms with Gasteiger partial charge in [-0.05, 0) is 84.5 Å². The summed E-state index contributed by atoms with van der Waals surface area (Å²) in [6.45, 7) is 6.68. The van der Waals surface area contributed by atoms with Crippen LogP contribution in [0.25, 0.3) is 11.1 Å². The molecule has 0 amide bonds. The molecule has 4 aromatic rings. The van der Waals surface area contributed by atoms with E-state index in [1.807, 2.05) is 0 Å². The Labute approximate surface area is 184 Å². The summed E-state index contributed by atoms with van der Waals surface area (Å²) >= 11 is 0. The molecule has 0 aromatic heterocycles. The summed E-state index contributed by atoms with van der Waals surface area (Å²) in [7, 11) is -0.104. The van der Waals surface area contributed by atoms with Gasteiger partial charge in [0.1, 0.15) is 0 Å². The van der Waals surface area contributed by atoms with Crippen LogP contribution in [0, 0.1) is 12.8 Å². The lowest BCUT2D eigenvalue weighted by atomic mass is 10.0. The van der Waals surface area contributed by atoms with Crippen LogP contribution in [0.1, 0.15) is 25.0 Å². The fourth-order valence-corrected chi connectivity index (χ4v) is 5.79. The summed E-state index contributed by atoms with van der Waals surface area (Å²) in [6, 6.07) is 38.0. The highest BCUT2D eigenvalue weighted by atomic mass is 32.2.